The Morgan fingerprint density at radius 2 is 1.54 bits per heavy atom. The van der Waals surface area contributed by atoms with Crippen LogP contribution < -0.4 is 42.1 Å². The maximum absolute atomic E-state index is 2.16. The molecule has 1 N–H and O–H groups in total. The fourth-order valence-electron chi connectivity index (χ4n) is 0.447. The van der Waals surface area contributed by atoms with Gasteiger partial charge in [-0.25, -0.2) is 0 Å². The summed E-state index contributed by atoms with van der Waals surface area (Å²) in [5.41, 5.74) is 0. The van der Waals surface area contributed by atoms with Gasteiger partial charge in [0.2, 0.25) is 0 Å². The van der Waals surface area contributed by atoms with Crippen molar-refractivity contribution in [3.05, 3.63) is 22.1 Å². The number of nitrogens with one attached hydrogen (secondary N) is 1. The molecular weight excluding hydrogens is 264 g/mol. The molecule has 0 aliphatic heterocycles. The van der Waals surface area contributed by atoms with Crippen LogP contribution in [0.15, 0.2) is 22.1 Å². The Morgan fingerprint density at radius 1 is 1.15 bits per heavy atom. The number of hydrogen-bond donors (Lipinski definition) is 1. The van der Waals surface area contributed by atoms with E-state index in [0.717, 1.165) is 0 Å². The Kier molecular flexibility index (Phi) is 28.2. The molecule has 1 aliphatic rings. The Balaban J connectivity index is -0.0000000536. The normalized spacial score (nSPS) is 11.4. The van der Waals surface area contributed by atoms with Gasteiger partial charge in [-0.3, -0.25) is 0 Å². The topological polar surface area (TPSA) is 4.44 Å². The SMILES string of the molecule is C[NH+](C)C.[Cl-].[Cl-].[Cl-].[Ti+2][C]1=CC=CC1. The van der Waals surface area contributed by atoms with Crippen molar-refractivity contribution in [2.45, 2.75) is 6.42 Å². The van der Waals surface area contributed by atoms with Crippen molar-refractivity contribution in [1.29, 1.82) is 0 Å². The van der Waals surface area contributed by atoms with E-state index in [1.165, 1.54) is 15.2 Å². The molecule has 0 spiro atoms. The first kappa shape index (κ1) is 23.7. The average molecular weight is 279 g/mol. The molecule has 1 nitrogen and oxygen atoms in total. The summed E-state index contributed by atoms with van der Waals surface area (Å²) in [5, 5.41) is 0. The molecule has 0 bridgehead atoms. The number of hydrogen-bond acceptors (Lipinski definition) is 0. The molecule has 0 fully saturated rings. The summed E-state index contributed by atoms with van der Waals surface area (Å²) in [6, 6.07) is 0. The molecule has 0 atom stereocenters. The third-order valence-electron chi connectivity index (χ3n) is 0.771. The van der Waals surface area contributed by atoms with Crippen molar-refractivity contribution in [3.63, 3.8) is 0 Å². The minimum atomic E-state index is 0. The molecule has 0 unspecified atom stereocenters. The molecule has 0 amide bonds. The molecule has 0 saturated carbocycles. The summed E-state index contributed by atoms with van der Waals surface area (Å²) in [7, 11) is 6.25. The summed E-state index contributed by atoms with van der Waals surface area (Å²) in [5.74, 6) is 0. The van der Waals surface area contributed by atoms with E-state index in [1.54, 1.807) is 0 Å². The molecule has 5 heteroatoms. The first-order valence-corrected chi connectivity index (χ1v) is 4.25. The summed E-state index contributed by atoms with van der Waals surface area (Å²) in [6.45, 7) is 0. The number of allylic oxidation sites excluding steroid dienone is 4. The standard InChI is InChI=1S/C5H5.C3H9N.3ClH.Ti/c1-2-4-5-3-1;1-4(2)3;;;;/h1-3H,4H2;1-3H3;3*1H;/q;;;;;+2/p-2. The predicted molar refractivity (Wildman–Crippen MR) is 40.6 cm³/mol. The van der Waals surface area contributed by atoms with Crippen molar-refractivity contribution in [2.75, 3.05) is 21.1 Å². The van der Waals surface area contributed by atoms with Gasteiger partial charge in [0, 0.05) is 0 Å². The van der Waals surface area contributed by atoms with Crippen LogP contribution in [-0.2, 0) is 20.4 Å². The van der Waals surface area contributed by atoms with Gasteiger partial charge in [-0.2, -0.15) is 0 Å². The Bertz CT molecular complexity index is 144. The van der Waals surface area contributed by atoms with E-state index in [1.807, 2.05) is 0 Å². The van der Waals surface area contributed by atoms with Crippen molar-refractivity contribution < 1.29 is 62.6 Å². The minimum absolute atomic E-state index is 0. The van der Waals surface area contributed by atoms with Gasteiger partial charge in [0.1, 0.15) is 0 Å². The molecule has 0 saturated heterocycles. The fourth-order valence-corrected chi connectivity index (χ4v) is 0.782. The van der Waals surface area contributed by atoms with Crippen LogP contribution in [0.5, 0.6) is 0 Å². The van der Waals surface area contributed by atoms with Crippen LogP contribution in [0.4, 0.5) is 0 Å². The Labute approximate surface area is 112 Å². The second-order valence-corrected chi connectivity index (χ2v) is 3.83. The van der Waals surface area contributed by atoms with Crippen LogP contribution in [0, 0.1) is 0 Å². The van der Waals surface area contributed by atoms with Crippen LogP contribution in [0.3, 0.4) is 0 Å². The van der Waals surface area contributed by atoms with Crippen LogP contribution in [0.2, 0.25) is 0 Å². The van der Waals surface area contributed by atoms with E-state index in [2.05, 4.69) is 59.8 Å². The van der Waals surface area contributed by atoms with Crippen LogP contribution >= 0.6 is 0 Å². The molecule has 0 aromatic rings. The molecular formula is C8H15Cl3NTi. The van der Waals surface area contributed by atoms with E-state index in [0.29, 0.717) is 0 Å². The quantitative estimate of drug-likeness (QED) is 0.420. The summed E-state index contributed by atoms with van der Waals surface area (Å²) >= 11 is 2.14. The van der Waals surface area contributed by atoms with E-state index >= 15 is 0 Å². The fraction of sp³-hybridized carbons (Fsp3) is 0.500. The molecule has 77 valence electrons. The first-order chi connectivity index (χ1) is 4.63. The van der Waals surface area contributed by atoms with Crippen LogP contribution in [-0.4, -0.2) is 21.1 Å². The summed E-state index contributed by atoms with van der Waals surface area (Å²) < 4.78 is 1.47. The van der Waals surface area contributed by atoms with Crippen LogP contribution in [0.1, 0.15) is 6.42 Å². The van der Waals surface area contributed by atoms with E-state index in [4.69, 9.17) is 0 Å². The van der Waals surface area contributed by atoms with E-state index in [-0.39, 0.29) is 37.2 Å². The monoisotopic (exact) mass is 278 g/mol. The third kappa shape index (κ3) is 24.6. The first-order valence-electron chi connectivity index (χ1n) is 3.47. The van der Waals surface area contributed by atoms with Gasteiger partial charge in [0.05, 0.1) is 21.1 Å². The van der Waals surface area contributed by atoms with Gasteiger partial charge >= 0.3 is 49.0 Å². The number of halogens is 3. The van der Waals surface area contributed by atoms with Gasteiger partial charge in [-0.15, -0.1) is 0 Å². The second-order valence-electron chi connectivity index (χ2n) is 2.82. The number of rotatable bonds is 0. The van der Waals surface area contributed by atoms with Crippen molar-refractivity contribution in [2.24, 2.45) is 0 Å². The van der Waals surface area contributed by atoms with Gasteiger partial charge in [-0.1, -0.05) is 0 Å². The van der Waals surface area contributed by atoms with E-state index in [9.17, 15) is 0 Å². The van der Waals surface area contributed by atoms with Gasteiger partial charge in [0.15, 0.2) is 0 Å². The molecule has 1 aliphatic carbocycles. The average Bonchev–Trinajstić information content (AvgIpc) is 2.15. The van der Waals surface area contributed by atoms with Crippen molar-refractivity contribution >= 4 is 0 Å². The molecule has 0 aromatic carbocycles. The summed E-state index contributed by atoms with van der Waals surface area (Å²) in [4.78, 5) is 1.42. The van der Waals surface area contributed by atoms with Gasteiger partial charge in [0.25, 0.3) is 0 Å². The molecule has 13 heavy (non-hydrogen) atoms. The molecule has 0 aromatic heterocycles. The second kappa shape index (κ2) is 15.5. The molecule has 1 rings (SSSR count). The summed E-state index contributed by atoms with van der Waals surface area (Å²) in [6.07, 6.45) is 7.56. The Morgan fingerprint density at radius 3 is 1.62 bits per heavy atom. The number of quaternary nitrogens is 1. The Hall–Kier alpha value is 1.02. The van der Waals surface area contributed by atoms with Gasteiger partial charge < -0.3 is 42.1 Å². The van der Waals surface area contributed by atoms with Crippen molar-refractivity contribution in [3.8, 4) is 0 Å². The van der Waals surface area contributed by atoms with Gasteiger partial charge in [-0.05, 0) is 0 Å². The molecule has 0 radical (unpaired) electrons. The van der Waals surface area contributed by atoms with Crippen LogP contribution in [0.25, 0.3) is 0 Å². The third-order valence-corrected chi connectivity index (χ3v) is 1.35. The predicted octanol–water partition coefficient (Wildman–Crippen LogP) is -8.85. The zero-order valence-corrected chi connectivity index (χ0v) is 11.9. The molecule has 0 heterocycles. The zero-order valence-electron chi connectivity index (χ0n) is 8.07. The van der Waals surface area contributed by atoms with Crippen molar-refractivity contribution in [1.82, 2.24) is 0 Å². The maximum atomic E-state index is 2.16. The zero-order chi connectivity index (χ0) is 7.98. The van der Waals surface area contributed by atoms with E-state index < -0.39 is 0 Å².